The molecule has 3 heterocycles. The summed E-state index contributed by atoms with van der Waals surface area (Å²) in [6, 6.07) is 29.8. The van der Waals surface area contributed by atoms with Crippen LogP contribution in [0.25, 0.3) is 5.69 Å². The quantitative estimate of drug-likeness (QED) is 0.216. The lowest BCUT2D eigenvalue weighted by Crippen LogP contribution is -2.30. The van der Waals surface area contributed by atoms with Crippen LogP contribution in [0.4, 0.5) is 10.1 Å². The average Bonchev–Trinajstić information content (AvgIpc) is 3.57. The van der Waals surface area contributed by atoms with E-state index in [1.807, 2.05) is 96.6 Å². The molecule has 0 unspecified atom stereocenters. The van der Waals surface area contributed by atoms with E-state index in [-0.39, 0.29) is 17.1 Å². The molecule has 0 spiro atoms. The maximum absolute atomic E-state index is 14.0. The summed E-state index contributed by atoms with van der Waals surface area (Å²) in [6.45, 7) is 2.04. The first-order chi connectivity index (χ1) is 19.0. The number of benzene rings is 3. The molecule has 0 bridgehead atoms. The van der Waals surface area contributed by atoms with Crippen LogP contribution in [0, 0.1) is 12.7 Å². The van der Waals surface area contributed by atoms with Gasteiger partial charge in [0.1, 0.15) is 23.4 Å². The number of ether oxygens (including phenoxy) is 1. The predicted octanol–water partition coefficient (Wildman–Crippen LogP) is 7.94. The van der Waals surface area contributed by atoms with E-state index in [9.17, 15) is 4.39 Å². The van der Waals surface area contributed by atoms with Crippen molar-refractivity contribution in [2.75, 3.05) is 4.90 Å². The van der Waals surface area contributed by atoms with Crippen LogP contribution in [0.2, 0.25) is 5.02 Å². The second-order valence-electron chi connectivity index (χ2n) is 9.31. The number of halogens is 2. The van der Waals surface area contributed by atoms with Gasteiger partial charge >= 0.3 is 0 Å². The summed E-state index contributed by atoms with van der Waals surface area (Å²) in [7, 11) is 0. The van der Waals surface area contributed by atoms with Gasteiger partial charge < -0.3 is 19.5 Å². The summed E-state index contributed by atoms with van der Waals surface area (Å²) < 4.78 is 22.0. The molecule has 1 aliphatic heterocycles. The molecule has 5 nitrogen and oxygen atoms in total. The third-order valence-corrected chi connectivity index (χ3v) is 7.34. The number of hydrogen-bond donors (Lipinski definition) is 1. The van der Waals surface area contributed by atoms with Crippen LogP contribution in [0.5, 0.6) is 11.5 Å². The monoisotopic (exact) mass is 554 g/mol. The lowest BCUT2D eigenvalue weighted by atomic mass is 10.0. The van der Waals surface area contributed by atoms with E-state index in [1.165, 1.54) is 11.6 Å². The highest BCUT2D eigenvalue weighted by molar-refractivity contribution is 7.80. The van der Waals surface area contributed by atoms with E-state index in [0.717, 1.165) is 34.3 Å². The van der Waals surface area contributed by atoms with Crippen molar-refractivity contribution < 1.29 is 9.13 Å². The van der Waals surface area contributed by atoms with E-state index < -0.39 is 5.82 Å². The van der Waals surface area contributed by atoms with Gasteiger partial charge in [0.25, 0.3) is 0 Å². The molecular weight excluding hydrogens is 531 g/mol. The molecule has 8 heteroatoms. The molecule has 39 heavy (non-hydrogen) atoms. The highest BCUT2D eigenvalue weighted by Crippen LogP contribution is 2.43. The molecule has 5 aromatic rings. The molecule has 2 aromatic heterocycles. The number of rotatable bonds is 6. The van der Waals surface area contributed by atoms with Gasteiger partial charge in [-0.2, -0.15) is 0 Å². The molecule has 194 valence electrons. The van der Waals surface area contributed by atoms with Crippen LogP contribution in [-0.2, 0) is 0 Å². The average molecular weight is 555 g/mol. The van der Waals surface area contributed by atoms with Crippen molar-refractivity contribution in [1.82, 2.24) is 14.9 Å². The van der Waals surface area contributed by atoms with Crippen molar-refractivity contribution in [3.8, 4) is 17.2 Å². The Morgan fingerprint density at radius 3 is 2.31 bits per heavy atom. The number of nitrogens with zero attached hydrogens (tertiary/aromatic N) is 3. The number of pyridine rings is 1. The Morgan fingerprint density at radius 1 is 0.897 bits per heavy atom. The Labute approximate surface area is 236 Å². The van der Waals surface area contributed by atoms with Crippen LogP contribution in [0.1, 0.15) is 29.0 Å². The number of thiocarbonyl (C=S) groups is 1. The van der Waals surface area contributed by atoms with Gasteiger partial charge in [0.15, 0.2) is 5.11 Å². The Morgan fingerprint density at radius 2 is 1.62 bits per heavy atom. The number of nitrogens with one attached hydrogen (secondary N) is 1. The molecule has 3 aromatic carbocycles. The topological polar surface area (TPSA) is 42.3 Å². The zero-order chi connectivity index (χ0) is 26.9. The highest BCUT2D eigenvalue weighted by atomic mass is 35.5. The maximum Gasteiger partial charge on any atom is 0.174 e. The Hall–Kier alpha value is -4.20. The zero-order valence-electron chi connectivity index (χ0n) is 21.0. The van der Waals surface area contributed by atoms with Crippen molar-refractivity contribution in [1.29, 1.82) is 0 Å². The minimum atomic E-state index is -0.459. The minimum Gasteiger partial charge on any atom is -0.457 e. The van der Waals surface area contributed by atoms with E-state index >= 15 is 0 Å². The van der Waals surface area contributed by atoms with Crippen LogP contribution in [0.15, 0.2) is 109 Å². The molecule has 2 atom stereocenters. The number of anilines is 1. The van der Waals surface area contributed by atoms with E-state index in [2.05, 4.69) is 15.2 Å². The Kier molecular flexibility index (Phi) is 6.77. The fourth-order valence-corrected chi connectivity index (χ4v) is 5.38. The second-order valence-corrected chi connectivity index (χ2v) is 10.1. The van der Waals surface area contributed by atoms with Gasteiger partial charge in [0, 0.05) is 29.5 Å². The van der Waals surface area contributed by atoms with E-state index in [0.29, 0.717) is 5.11 Å². The smallest absolute Gasteiger partial charge is 0.174 e. The van der Waals surface area contributed by atoms with Crippen molar-refractivity contribution in [2.24, 2.45) is 0 Å². The highest BCUT2D eigenvalue weighted by Gasteiger charge is 2.42. The SMILES string of the molecule is Cc1ccc(Oc2ccc(N3C(=S)N[C@@H](c4ccccn4)[C@@H]3c3cccn3-c3ccc(F)c(Cl)c3)cc2)cc1. The normalized spacial score (nSPS) is 16.8. The van der Waals surface area contributed by atoms with Gasteiger partial charge in [0.2, 0.25) is 0 Å². The summed E-state index contributed by atoms with van der Waals surface area (Å²) in [4.78, 5) is 6.71. The van der Waals surface area contributed by atoms with Crippen LogP contribution in [-0.4, -0.2) is 14.7 Å². The summed E-state index contributed by atoms with van der Waals surface area (Å²) in [5, 5.41) is 4.12. The first-order valence-corrected chi connectivity index (χ1v) is 13.2. The molecule has 0 saturated carbocycles. The van der Waals surface area contributed by atoms with Gasteiger partial charge in [-0.05, 0) is 98.0 Å². The lowest BCUT2D eigenvalue weighted by Gasteiger charge is -2.29. The fourth-order valence-electron chi connectivity index (χ4n) is 4.86. The molecule has 1 aliphatic rings. The van der Waals surface area contributed by atoms with Crippen molar-refractivity contribution in [3.05, 3.63) is 137 Å². The van der Waals surface area contributed by atoms with Gasteiger partial charge in [-0.3, -0.25) is 4.98 Å². The zero-order valence-corrected chi connectivity index (χ0v) is 22.5. The molecule has 0 amide bonds. The lowest BCUT2D eigenvalue weighted by molar-refractivity contribution is 0.482. The first kappa shape index (κ1) is 25.1. The van der Waals surface area contributed by atoms with Gasteiger partial charge in [-0.25, -0.2) is 4.39 Å². The second kappa shape index (κ2) is 10.5. The minimum absolute atomic E-state index is 0.0644. The van der Waals surface area contributed by atoms with E-state index in [4.69, 9.17) is 28.6 Å². The molecule has 0 aliphatic carbocycles. The third kappa shape index (κ3) is 4.99. The molecule has 0 radical (unpaired) electrons. The summed E-state index contributed by atoms with van der Waals surface area (Å²) in [5.74, 6) is 1.04. The number of hydrogen-bond acceptors (Lipinski definition) is 3. The van der Waals surface area contributed by atoms with Crippen LogP contribution < -0.4 is 15.0 Å². The molecule has 1 fully saturated rings. The van der Waals surface area contributed by atoms with Gasteiger partial charge in [-0.1, -0.05) is 35.4 Å². The van der Waals surface area contributed by atoms with Crippen molar-refractivity contribution >= 4 is 34.6 Å². The summed E-state index contributed by atoms with van der Waals surface area (Å²) in [6.07, 6.45) is 3.71. The largest absolute Gasteiger partial charge is 0.457 e. The Bertz CT molecular complexity index is 1620. The molecule has 1 N–H and O–H groups in total. The summed E-state index contributed by atoms with van der Waals surface area (Å²) in [5.41, 5.74) is 4.63. The third-order valence-electron chi connectivity index (χ3n) is 6.73. The molecule has 6 rings (SSSR count). The fraction of sp³-hybridized carbons (Fsp3) is 0.0968. The summed E-state index contributed by atoms with van der Waals surface area (Å²) >= 11 is 12.0. The van der Waals surface area contributed by atoms with Gasteiger partial charge in [0.05, 0.1) is 16.8 Å². The Balaban J connectivity index is 1.39. The standard InChI is InChI=1S/C31H24ClFN4OS/c1-20-7-12-23(13-8-20)38-24-14-9-21(10-15-24)37-30(29(35-31(37)39)27-5-2-3-17-34-27)28-6-4-18-36(28)22-11-16-26(33)25(32)19-22/h2-19,29-30H,1H3,(H,35,39)/t29-,30-/m0/s1. The van der Waals surface area contributed by atoms with Crippen molar-refractivity contribution in [2.45, 2.75) is 19.0 Å². The van der Waals surface area contributed by atoms with Gasteiger partial charge in [-0.15, -0.1) is 0 Å². The van der Waals surface area contributed by atoms with Crippen LogP contribution in [0.3, 0.4) is 0 Å². The predicted molar refractivity (Wildman–Crippen MR) is 156 cm³/mol. The molecular formula is C31H24ClFN4OS. The number of aromatic nitrogens is 2. The number of aryl methyl sites for hydroxylation is 1. The first-order valence-electron chi connectivity index (χ1n) is 12.5. The van der Waals surface area contributed by atoms with Crippen LogP contribution >= 0.6 is 23.8 Å². The van der Waals surface area contributed by atoms with E-state index in [1.54, 1.807) is 18.3 Å². The van der Waals surface area contributed by atoms with Crippen molar-refractivity contribution in [3.63, 3.8) is 0 Å². The maximum atomic E-state index is 14.0. The molecule has 1 saturated heterocycles.